The minimum Gasteiger partial charge on any atom is -0.463 e. The molecule has 0 amide bonds. The topological polar surface area (TPSA) is 65.0 Å². The molecule has 4 saturated carbocycles. The summed E-state index contributed by atoms with van der Waals surface area (Å²) in [6.07, 6.45) is 10.4. The van der Waals surface area contributed by atoms with Gasteiger partial charge in [-0.15, -0.1) is 0 Å². The van der Waals surface area contributed by atoms with E-state index in [1.165, 1.54) is 46.0 Å². The summed E-state index contributed by atoms with van der Waals surface area (Å²) in [5, 5.41) is 4.27. The maximum atomic E-state index is 11.4. The third-order valence-electron chi connectivity index (χ3n) is 8.98. The molecular weight excluding hydrogens is 354 g/mol. The molecule has 5 nitrogen and oxygen atoms in total. The third-order valence-corrected chi connectivity index (χ3v) is 8.98. The minimum atomic E-state index is -0.328. The second-order valence-corrected chi connectivity index (χ2v) is 10.3. The molecule has 4 rings (SSSR count). The van der Waals surface area contributed by atoms with Crippen molar-refractivity contribution in [2.75, 3.05) is 0 Å². The quantitative estimate of drug-likeness (QED) is 0.383. The second-order valence-electron chi connectivity index (χ2n) is 10.3. The van der Waals surface area contributed by atoms with Gasteiger partial charge in [-0.2, -0.15) is 0 Å². The molecular formula is C23H35NO4. The van der Waals surface area contributed by atoms with E-state index in [0.29, 0.717) is 17.3 Å². The van der Waals surface area contributed by atoms with E-state index >= 15 is 0 Å². The van der Waals surface area contributed by atoms with Crippen LogP contribution in [0.25, 0.3) is 0 Å². The predicted octanol–water partition coefficient (Wildman–Crippen LogP) is 4.88. The number of hydrogen-bond donors (Lipinski definition) is 0. The van der Waals surface area contributed by atoms with Crippen LogP contribution in [-0.4, -0.2) is 23.8 Å². The van der Waals surface area contributed by atoms with Gasteiger partial charge in [0.15, 0.2) is 0 Å². The van der Waals surface area contributed by atoms with E-state index in [-0.39, 0.29) is 23.5 Å². The minimum absolute atomic E-state index is 0.0920. The molecule has 0 saturated heterocycles. The van der Waals surface area contributed by atoms with Crippen LogP contribution in [0.15, 0.2) is 5.16 Å². The van der Waals surface area contributed by atoms with E-state index in [2.05, 4.69) is 19.0 Å². The number of esters is 1. The molecule has 0 spiro atoms. The molecule has 0 heterocycles. The third kappa shape index (κ3) is 3.19. The summed E-state index contributed by atoms with van der Waals surface area (Å²) in [6.45, 7) is 7.82. The first kappa shape index (κ1) is 19.9. The highest BCUT2D eigenvalue weighted by molar-refractivity contribution is 5.92. The van der Waals surface area contributed by atoms with Gasteiger partial charge in [0.25, 0.3) is 0 Å². The zero-order chi connectivity index (χ0) is 20.1. The number of rotatable bonds is 2. The molecule has 0 aliphatic heterocycles. The van der Waals surface area contributed by atoms with Gasteiger partial charge in [-0.05, 0) is 86.9 Å². The highest BCUT2D eigenvalue weighted by Crippen LogP contribution is 2.65. The van der Waals surface area contributed by atoms with Crippen LogP contribution in [0.1, 0.15) is 85.5 Å². The average molecular weight is 390 g/mol. The number of ether oxygens (including phenoxy) is 1. The Morgan fingerprint density at radius 1 is 0.964 bits per heavy atom. The summed E-state index contributed by atoms with van der Waals surface area (Å²) in [6, 6.07) is 0. The number of oxime groups is 1. The second kappa shape index (κ2) is 7.14. The number of carbonyl (C=O) groups is 2. The van der Waals surface area contributed by atoms with Gasteiger partial charge < -0.3 is 9.57 Å². The summed E-state index contributed by atoms with van der Waals surface area (Å²) in [7, 11) is 0. The Morgan fingerprint density at radius 3 is 2.46 bits per heavy atom. The summed E-state index contributed by atoms with van der Waals surface area (Å²) < 4.78 is 5.57. The molecule has 4 fully saturated rings. The van der Waals surface area contributed by atoms with E-state index in [1.54, 1.807) is 0 Å². The largest absolute Gasteiger partial charge is 0.463 e. The Morgan fingerprint density at radius 2 is 1.75 bits per heavy atom. The molecule has 4 unspecified atom stereocenters. The van der Waals surface area contributed by atoms with Crippen LogP contribution in [-0.2, 0) is 19.2 Å². The smallest absolute Gasteiger partial charge is 0.331 e. The number of nitrogens with zero attached hydrogens (tertiary/aromatic N) is 1. The maximum Gasteiger partial charge on any atom is 0.331 e. The molecule has 5 heteroatoms. The van der Waals surface area contributed by atoms with Gasteiger partial charge in [-0.1, -0.05) is 19.0 Å². The Labute approximate surface area is 168 Å². The Hall–Kier alpha value is -1.39. The first-order valence-electron chi connectivity index (χ1n) is 11.2. The van der Waals surface area contributed by atoms with Crippen molar-refractivity contribution in [2.45, 2.75) is 91.6 Å². The molecule has 4 aliphatic carbocycles. The number of hydrogen-bond acceptors (Lipinski definition) is 5. The van der Waals surface area contributed by atoms with Crippen LogP contribution in [0.5, 0.6) is 0 Å². The van der Waals surface area contributed by atoms with E-state index < -0.39 is 0 Å². The predicted molar refractivity (Wildman–Crippen MR) is 106 cm³/mol. The standard InChI is InChI=1S/C23H35NO4/c1-14(25)27-17-9-11-22(3)16(13-17)5-6-18-19-7-8-21(24-28-15(2)26)23(19,4)12-10-20(18)22/h16-20H,5-13H2,1-4H3/b24-21-/t16-,17?,18?,19?,20?,22-,23-/m0/s1. The molecule has 0 bridgehead atoms. The molecule has 0 aromatic rings. The van der Waals surface area contributed by atoms with Crippen LogP contribution >= 0.6 is 0 Å². The van der Waals surface area contributed by atoms with Crippen molar-refractivity contribution >= 4 is 17.7 Å². The van der Waals surface area contributed by atoms with Crippen molar-refractivity contribution in [3.63, 3.8) is 0 Å². The summed E-state index contributed by atoms with van der Waals surface area (Å²) in [4.78, 5) is 27.7. The lowest BCUT2D eigenvalue weighted by Gasteiger charge is -2.60. The van der Waals surface area contributed by atoms with Gasteiger partial charge >= 0.3 is 11.9 Å². The first-order valence-corrected chi connectivity index (χ1v) is 11.2. The molecule has 156 valence electrons. The molecule has 0 radical (unpaired) electrons. The fourth-order valence-corrected chi connectivity index (χ4v) is 7.62. The van der Waals surface area contributed by atoms with Crippen LogP contribution in [0.2, 0.25) is 0 Å². The SMILES string of the molecule is CC(=O)O/N=C1/CCC2C3CC[C@H]4CC(OC(C)=O)CC[C@]4(C)C3CC[C@]12C. The van der Waals surface area contributed by atoms with Crippen molar-refractivity contribution in [1.29, 1.82) is 0 Å². The first-order chi connectivity index (χ1) is 13.2. The van der Waals surface area contributed by atoms with Crippen molar-refractivity contribution in [3.05, 3.63) is 0 Å². The lowest BCUT2D eigenvalue weighted by atomic mass is 9.45. The van der Waals surface area contributed by atoms with Gasteiger partial charge in [0.2, 0.25) is 0 Å². The maximum absolute atomic E-state index is 11.4. The van der Waals surface area contributed by atoms with Crippen LogP contribution < -0.4 is 0 Å². The van der Waals surface area contributed by atoms with Crippen molar-refractivity contribution in [1.82, 2.24) is 0 Å². The Kier molecular flexibility index (Phi) is 5.08. The average Bonchev–Trinajstić information content (AvgIpc) is 2.96. The van der Waals surface area contributed by atoms with E-state index in [9.17, 15) is 9.59 Å². The fourth-order valence-electron chi connectivity index (χ4n) is 7.62. The summed E-state index contributed by atoms with van der Waals surface area (Å²) in [5.74, 6) is 2.37. The van der Waals surface area contributed by atoms with E-state index in [0.717, 1.165) is 43.2 Å². The summed E-state index contributed by atoms with van der Waals surface area (Å²) >= 11 is 0. The number of fused-ring (bicyclic) bond motifs is 5. The summed E-state index contributed by atoms with van der Waals surface area (Å²) in [5.41, 5.74) is 1.57. The number of carbonyl (C=O) groups excluding carboxylic acids is 2. The van der Waals surface area contributed by atoms with Crippen molar-refractivity contribution < 1.29 is 19.2 Å². The molecule has 7 atom stereocenters. The van der Waals surface area contributed by atoms with E-state index in [1.807, 2.05) is 0 Å². The van der Waals surface area contributed by atoms with Gasteiger partial charge in [0.1, 0.15) is 6.10 Å². The van der Waals surface area contributed by atoms with Gasteiger partial charge in [-0.3, -0.25) is 4.79 Å². The normalized spacial score (nSPS) is 46.3. The highest BCUT2D eigenvalue weighted by atomic mass is 16.7. The zero-order valence-corrected chi connectivity index (χ0v) is 17.8. The Bertz CT molecular complexity index is 688. The zero-order valence-electron chi connectivity index (χ0n) is 17.8. The van der Waals surface area contributed by atoms with Gasteiger partial charge in [0.05, 0.1) is 5.71 Å². The van der Waals surface area contributed by atoms with Gasteiger partial charge in [0, 0.05) is 19.3 Å². The van der Waals surface area contributed by atoms with Crippen LogP contribution in [0, 0.1) is 34.5 Å². The molecule has 0 N–H and O–H groups in total. The lowest BCUT2D eigenvalue weighted by molar-refractivity contribution is -0.158. The Balaban J connectivity index is 1.52. The molecule has 0 aromatic heterocycles. The van der Waals surface area contributed by atoms with Crippen LogP contribution in [0.4, 0.5) is 0 Å². The lowest BCUT2D eigenvalue weighted by Crippen LogP contribution is -2.54. The fraction of sp³-hybridized carbons (Fsp3) is 0.870. The molecule has 0 aromatic carbocycles. The van der Waals surface area contributed by atoms with Crippen molar-refractivity contribution in [3.8, 4) is 0 Å². The van der Waals surface area contributed by atoms with Gasteiger partial charge in [-0.25, -0.2) is 4.79 Å². The monoisotopic (exact) mass is 389 g/mol. The van der Waals surface area contributed by atoms with E-state index in [4.69, 9.17) is 9.57 Å². The molecule has 28 heavy (non-hydrogen) atoms. The van der Waals surface area contributed by atoms with Crippen LogP contribution in [0.3, 0.4) is 0 Å². The molecule has 4 aliphatic rings. The highest BCUT2D eigenvalue weighted by Gasteiger charge is 2.59. The van der Waals surface area contributed by atoms with Crippen molar-refractivity contribution in [2.24, 2.45) is 39.7 Å².